The number of halogens is 1. The highest BCUT2D eigenvalue weighted by molar-refractivity contribution is 6.06. The van der Waals surface area contributed by atoms with E-state index >= 15 is 0 Å². The predicted molar refractivity (Wildman–Crippen MR) is 106 cm³/mol. The van der Waals surface area contributed by atoms with Gasteiger partial charge in [0, 0.05) is 11.3 Å². The molecule has 0 bridgehead atoms. The molecule has 0 aromatic heterocycles. The topological polar surface area (TPSA) is 95.5 Å². The number of hydrogen-bond donors (Lipinski definition) is 3. The molecule has 0 atom stereocenters. The summed E-state index contributed by atoms with van der Waals surface area (Å²) in [5.74, 6) is -2.82. The lowest BCUT2D eigenvalue weighted by Crippen LogP contribution is -2.55. The number of nitrogens with one attached hydrogen (secondary N) is 2. The summed E-state index contributed by atoms with van der Waals surface area (Å²) < 4.78 is 13.8. The van der Waals surface area contributed by atoms with E-state index in [1.165, 1.54) is 24.3 Å². The number of aliphatic carboxylic acids is 1. The molecule has 0 saturated heterocycles. The highest BCUT2D eigenvalue weighted by Gasteiger charge is 2.41. The van der Waals surface area contributed by atoms with Gasteiger partial charge in [-0.25, -0.2) is 9.18 Å². The van der Waals surface area contributed by atoms with E-state index in [0.29, 0.717) is 24.1 Å². The van der Waals surface area contributed by atoms with Crippen molar-refractivity contribution in [3.63, 3.8) is 0 Å². The van der Waals surface area contributed by atoms with Crippen molar-refractivity contribution in [2.75, 3.05) is 5.32 Å². The molecule has 2 aromatic carbocycles. The second kappa shape index (κ2) is 8.43. The van der Waals surface area contributed by atoms with Crippen LogP contribution in [-0.2, 0) is 4.79 Å². The largest absolute Gasteiger partial charge is 0.480 e. The average Bonchev–Trinajstić information content (AvgIpc) is 2.70. The fraction of sp³-hybridized carbons (Fsp3) is 0.318. The van der Waals surface area contributed by atoms with Crippen LogP contribution in [0.2, 0.25) is 0 Å². The van der Waals surface area contributed by atoms with Gasteiger partial charge in [0.2, 0.25) is 0 Å². The van der Waals surface area contributed by atoms with Crippen LogP contribution in [0.1, 0.15) is 58.4 Å². The van der Waals surface area contributed by atoms with Gasteiger partial charge in [-0.3, -0.25) is 9.59 Å². The Morgan fingerprint density at radius 2 is 1.69 bits per heavy atom. The number of rotatable bonds is 5. The maximum atomic E-state index is 13.8. The van der Waals surface area contributed by atoms with E-state index in [1.807, 2.05) is 0 Å². The van der Waals surface area contributed by atoms with E-state index in [9.17, 15) is 23.9 Å². The molecule has 0 unspecified atom stereocenters. The molecule has 0 heterocycles. The Hall–Kier alpha value is -3.22. The normalized spacial score (nSPS) is 15.4. The molecular formula is C22H23FN2O4. The van der Waals surface area contributed by atoms with Crippen molar-refractivity contribution in [1.82, 2.24) is 5.32 Å². The van der Waals surface area contributed by atoms with Crippen molar-refractivity contribution in [3.05, 3.63) is 65.0 Å². The summed E-state index contributed by atoms with van der Waals surface area (Å²) in [4.78, 5) is 36.9. The van der Waals surface area contributed by atoms with Crippen LogP contribution in [0.15, 0.2) is 42.5 Å². The molecule has 0 aliphatic heterocycles. The second-order valence-electron chi connectivity index (χ2n) is 7.37. The van der Waals surface area contributed by atoms with Crippen LogP contribution < -0.4 is 10.6 Å². The van der Waals surface area contributed by atoms with E-state index in [-0.39, 0.29) is 11.1 Å². The molecule has 1 aliphatic rings. The minimum absolute atomic E-state index is 0.103. The predicted octanol–water partition coefficient (Wildman–Crippen LogP) is 3.90. The monoisotopic (exact) mass is 398 g/mol. The molecule has 152 valence electrons. The minimum atomic E-state index is -1.27. The van der Waals surface area contributed by atoms with Crippen LogP contribution in [0.4, 0.5) is 10.1 Å². The molecule has 3 N–H and O–H groups in total. The van der Waals surface area contributed by atoms with E-state index < -0.39 is 29.1 Å². The van der Waals surface area contributed by atoms with Crippen molar-refractivity contribution in [3.8, 4) is 0 Å². The van der Waals surface area contributed by atoms with Crippen LogP contribution in [0.25, 0.3) is 0 Å². The third-order valence-electron chi connectivity index (χ3n) is 5.34. The highest BCUT2D eigenvalue weighted by atomic mass is 19.1. The van der Waals surface area contributed by atoms with E-state index in [0.717, 1.165) is 19.3 Å². The summed E-state index contributed by atoms with van der Waals surface area (Å²) >= 11 is 0. The van der Waals surface area contributed by atoms with Gasteiger partial charge in [-0.15, -0.1) is 0 Å². The Bertz CT molecular complexity index is 952. The molecule has 2 aromatic rings. The van der Waals surface area contributed by atoms with Crippen LogP contribution in [0, 0.1) is 12.7 Å². The Labute approximate surface area is 168 Å². The SMILES string of the molecule is Cc1ccc(C(=O)NC2(C(=O)O)CCCCC2)cc1NC(=O)c1ccccc1F. The van der Waals surface area contributed by atoms with Crippen LogP contribution in [-0.4, -0.2) is 28.4 Å². The van der Waals surface area contributed by atoms with Gasteiger partial charge < -0.3 is 15.7 Å². The first-order chi connectivity index (χ1) is 13.8. The number of carbonyl (C=O) groups is 3. The number of carboxylic acids is 1. The lowest BCUT2D eigenvalue weighted by Gasteiger charge is -2.34. The van der Waals surface area contributed by atoms with Gasteiger partial charge in [-0.2, -0.15) is 0 Å². The Kier molecular flexibility index (Phi) is 5.96. The average molecular weight is 398 g/mol. The van der Waals surface area contributed by atoms with Crippen LogP contribution >= 0.6 is 0 Å². The molecule has 0 spiro atoms. The molecule has 2 amide bonds. The lowest BCUT2D eigenvalue weighted by molar-refractivity contribution is -0.145. The molecule has 29 heavy (non-hydrogen) atoms. The number of carboxylic acid groups (broad SMARTS) is 1. The second-order valence-corrected chi connectivity index (χ2v) is 7.37. The first kappa shape index (κ1) is 20.5. The Morgan fingerprint density at radius 1 is 1.00 bits per heavy atom. The van der Waals surface area contributed by atoms with Crippen molar-refractivity contribution in [2.45, 2.75) is 44.6 Å². The third-order valence-corrected chi connectivity index (χ3v) is 5.34. The summed E-state index contributed by atoms with van der Waals surface area (Å²) in [7, 11) is 0. The zero-order valence-electron chi connectivity index (χ0n) is 16.1. The first-order valence-electron chi connectivity index (χ1n) is 9.55. The molecule has 6 nitrogen and oxygen atoms in total. The fourth-order valence-corrected chi connectivity index (χ4v) is 3.57. The molecule has 0 radical (unpaired) electrons. The number of benzene rings is 2. The van der Waals surface area contributed by atoms with Crippen molar-refractivity contribution in [2.24, 2.45) is 0 Å². The van der Waals surface area contributed by atoms with Crippen molar-refractivity contribution in [1.29, 1.82) is 0 Å². The van der Waals surface area contributed by atoms with E-state index in [2.05, 4.69) is 10.6 Å². The number of hydrogen-bond acceptors (Lipinski definition) is 3. The summed E-state index contributed by atoms with van der Waals surface area (Å²) in [5, 5.41) is 14.9. The highest BCUT2D eigenvalue weighted by Crippen LogP contribution is 2.29. The van der Waals surface area contributed by atoms with E-state index in [4.69, 9.17) is 0 Å². The van der Waals surface area contributed by atoms with Gasteiger partial charge in [0.15, 0.2) is 0 Å². The first-order valence-corrected chi connectivity index (χ1v) is 9.55. The zero-order valence-corrected chi connectivity index (χ0v) is 16.1. The molecule has 1 fully saturated rings. The molecular weight excluding hydrogens is 375 g/mol. The van der Waals surface area contributed by atoms with Crippen molar-refractivity contribution < 1.29 is 23.9 Å². The molecule has 3 rings (SSSR count). The summed E-state index contributed by atoms with van der Waals surface area (Å²) in [6, 6.07) is 10.3. The summed E-state index contributed by atoms with van der Waals surface area (Å²) in [6.45, 7) is 1.75. The number of aryl methyl sites for hydroxylation is 1. The minimum Gasteiger partial charge on any atom is -0.480 e. The fourth-order valence-electron chi connectivity index (χ4n) is 3.57. The van der Waals surface area contributed by atoms with Crippen LogP contribution in [0.5, 0.6) is 0 Å². The van der Waals surface area contributed by atoms with Gasteiger partial charge in [0.1, 0.15) is 11.4 Å². The molecule has 1 saturated carbocycles. The molecule has 1 aliphatic carbocycles. The standard InChI is InChI=1S/C22H23FN2O4/c1-14-9-10-15(19(26)25-22(21(28)29)11-5-2-6-12-22)13-18(14)24-20(27)16-7-3-4-8-17(16)23/h3-4,7-10,13H,2,5-6,11-12H2,1H3,(H,24,27)(H,25,26)(H,28,29). The third kappa shape index (κ3) is 4.45. The van der Waals surface area contributed by atoms with E-state index in [1.54, 1.807) is 25.1 Å². The summed E-state index contributed by atoms with van der Waals surface area (Å²) in [5.41, 5.74) is -0.0910. The quantitative estimate of drug-likeness (QED) is 0.712. The van der Waals surface area contributed by atoms with Gasteiger partial charge in [-0.05, 0) is 49.6 Å². The smallest absolute Gasteiger partial charge is 0.329 e. The zero-order chi connectivity index (χ0) is 21.0. The van der Waals surface area contributed by atoms with Gasteiger partial charge in [-0.1, -0.05) is 37.5 Å². The summed E-state index contributed by atoms with van der Waals surface area (Å²) in [6.07, 6.45) is 3.20. The Balaban J connectivity index is 1.81. The van der Waals surface area contributed by atoms with Crippen LogP contribution in [0.3, 0.4) is 0 Å². The number of anilines is 1. The van der Waals surface area contributed by atoms with Gasteiger partial charge in [0.05, 0.1) is 5.56 Å². The maximum Gasteiger partial charge on any atom is 0.329 e. The van der Waals surface area contributed by atoms with Gasteiger partial charge in [0.25, 0.3) is 11.8 Å². The number of amides is 2. The molecule has 7 heteroatoms. The number of carbonyl (C=O) groups excluding carboxylic acids is 2. The Morgan fingerprint density at radius 3 is 2.34 bits per heavy atom. The maximum absolute atomic E-state index is 13.8. The van der Waals surface area contributed by atoms with Crippen molar-refractivity contribution >= 4 is 23.5 Å². The lowest BCUT2D eigenvalue weighted by atomic mass is 9.81. The van der Waals surface area contributed by atoms with Gasteiger partial charge >= 0.3 is 5.97 Å².